The number of para-hydroxylation sites is 4. The molecular weight excluding hydrogens is 865 g/mol. The summed E-state index contributed by atoms with van der Waals surface area (Å²) in [4.78, 5) is 4.44. The van der Waals surface area contributed by atoms with Gasteiger partial charge in [0.15, 0.2) is 0 Å². The van der Waals surface area contributed by atoms with Crippen molar-refractivity contribution in [1.29, 1.82) is 0 Å². The van der Waals surface area contributed by atoms with Crippen molar-refractivity contribution >= 4 is 46.6 Å². The maximum atomic E-state index is 11.0. The van der Waals surface area contributed by atoms with Gasteiger partial charge in [-0.3, -0.25) is 0 Å². The number of rotatable bonds is 28. The predicted molar refractivity (Wildman–Crippen MR) is 284 cm³/mol. The summed E-state index contributed by atoms with van der Waals surface area (Å²) >= 11 is 0. The molecule has 2 atom stereocenters. The number of hydrazone groups is 2. The Bertz CT molecular complexity index is 2200. The van der Waals surface area contributed by atoms with Crippen LogP contribution in [-0.2, 0) is 9.47 Å². The second-order valence-electron chi connectivity index (χ2n) is 17.4. The summed E-state index contributed by atoms with van der Waals surface area (Å²) in [5, 5.41) is 35.6. The second-order valence-corrected chi connectivity index (χ2v) is 17.4. The average Bonchev–Trinajstić information content (AvgIpc) is 3.38. The quantitative estimate of drug-likeness (QED) is 0.0364. The first-order valence-corrected chi connectivity index (χ1v) is 24.0. The zero-order valence-electron chi connectivity index (χ0n) is 41.1. The van der Waals surface area contributed by atoms with Gasteiger partial charge in [-0.2, -0.15) is 10.2 Å². The molecule has 364 valence electrons. The highest BCUT2D eigenvalue weighted by Gasteiger charge is 2.22. The molecule has 6 rings (SSSR count). The van der Waals surface area contributed by atoms with Crippen molar-refractivity contribution < 1.29 is 29.2 Å². The number of anilines is 6. The third-order valence-corrected chi connectivity index (χ3v) is 11.3. The van der Waals surface area contributed by atoms with Gasteiger partial charge in [-0.05, 0) is 112 Å². The number of aliphatic hydroxyl groups excluding tert-OH is 2. The molecule has 0 saturated heterocycles. The van der Waals surface area contributed by atoms with E-state index < -0.39 is 17.6 Å². The molecule has 6 aromatic carbocycles. The molecule has 69 heavy (non-hydrogen) atoms. The summed E-state index contributed by atoms with van der Waals surface area (Å²) in [5.74, 6) is 1.31. The predicted octanol–water partition coefficient (Wildman–Crippen LogP) is 11.0. The lowest BCUT2D eigenvalue weighted by Gasteiger charge is -2.27. The molecule has 0 amide bonds. The number of ether oxygens (including phenoxy) is 4. The van der Waals surface area contributed by atoms with Crippen LogP contribution in [0.5, 0.6) is 11.5 Å². The van der Waals surface area contributed by atoms with E-state index in [4.69, 9.17) is 29.2 Å². The number of nitrogens with zero attached hydrogens (tertiary/aromatic N) is 6. The zero-order valence-corrected chi connectivity index (χ0v) is 41.1. The molecule has 0 aliphatic rings. The fraction of sp³-hybridized carbons (Fsp3) is 0.333. The zero-order chi connectivity index (χ0) is 48.9. The average molecular weight is 935 g/mol. The van der Waals surface area contributed by atoms with Crippen LogP contribution in [0.4, 0.5) is 34.1 Å². The largest absolute Gasteiger partial charge is 0.489 e. The molecule has 0 spiro atoms. The van der Waals surface area contributed by atoms with Crippen molar-refractivity contribution in [2.24, 2.45) is 15.6 Å². The van der Waals surface area contributed by atoms with Crippen LogP contribution in [0.2, 0.25) is 0 Å². The molecule has 0 heterocycles. The van der Waals surface area contributed by atoms with Gasteiger partial charge in [0.25, 0.3) is 0 Å². The van der Waals surface area contributed by atoms with Crippen LogP contribution in [0.25, 0.3) is 0 Å². The minimum Gasteiger partial charge on any atom is -0.489 e. The van der Waals surface area contributed by atoms with E-state index in [1.54, 1.807) is 0 Å². The molecule has 0 aliphatic heterocycles. The summed E-state index contributed by atoms with van der Waals surface area (Å²) in [5.41, 5.74) is 6.97. The summed E-state index contributed by atoms with van der Waals surface area (Å²) in [6.07, 6.45) is 1.90. The second kappa shape index (κ2) is 26.7. The topological polar surface area (TPSA) is 115 Å². The van der Waals surface area contributed by atoms with E-state index in [0.717, 1.165) is 71.4 Å². The van der Waals surface area contributed by atoms with E-state index in [1.807, 2.05) is 194 Å². The smallest absolute Gasteiger partial charge is 0.143 e. The fourth-order valence-electron chi connectivity index (χ4n) is 7.65. The van der Waals surface area contributed by atoms with Gasteiger partial charge in [0.05, 0.1) is 73.0 Å². The van der Waals surface area contributed by atoms with E-state index in [9.17, 15) is 10.2 Å². The van der Waals surface area contributed by atoms with Crippen molar-refractivity contribution in [3.63, 3.8) is 0 Å². The van der Waals surface area contributed by atoms with Gasteiger partial charge in [0, 0.05) is 31.6 Å². The first-order valence-electron chi connectivity index (χ1n) is 24.0. The van der Waals surface area contributed by atoms with Gasteiger partial charge in [0.2, 0.25) is 0 Å². The van der Waals surface area contributed by atoms with E-state index in [0.29, 0.717) is 24.7 Å². The Balaban J connectivity index is 0.996. The maximum Gasteiger partial charge on any atom is 0.143 e. The molecule has 0 bridgehead atoms. The lowest BCUT2D eigenvalue weighted by atomic mass is 9.96. The van der Waals surface area contributed by atoms with Gasteiger partial charge in [-0.15, -0.1) is 0 Å². The molecular formula is C57H70N6O6. The Morgan fingerprint density at radius 2 is 0.783 bits per heavy atom. The minimum atomic E-state index is -0.869. The van der Waals surface area contributed by atoms with E-state index in [-0.39, 0.29) is 26.4 Å². The summed E-state index contributed by atoms with van der Waals surface area (Å²) < 4.78 is 24.6. The Labute approximate surface area is 409 Å². The Morgan fingerprint density at radius 3 is 1.09 bits per heavy atom. The van der Waals surface area contributed by atoms with Gasteiger partial charge in [-0.1, -0.05) is 98.8 Å². The molecule has 12 nitrogen and oxygen atoms in total. The molecule has 0 aromatic heterocycles. The molecule has 2 N–H and O–H groups in total. The Kier molecular flexibility index (Phi) is 20.0. The summed E-state index contributed by atoms with van der Waals surface area (Å²) in [6, 6.07) is 52.2. The van der Waals surface area contributed by atoms with Crippen molar-refractivity contribution in [3.05, 3.63) is 169 Å². The highest BCUT2D eigenvalue weighted by Crippen LogP contribution is 2.32. The fourth-order valence-corrected chi connectivity index (χ4v) is 7.65. The van der Waals surface area contributed by atoms with Crippen LogP contribution >= 0.6 is 0 Å². The van der Waals surface area contributed by atoms with Gasteiger partial charge in [-0.25, -0.2) is 10.0 Å². The van der Waals surface area contributed by atoms with Crippen LogP contribution in [0, 0.1) is 5.41 Å². The number of benzene rings is 6. The van der Waals surface area contributed by atoms with E-state index in [2.05, 4.69) is 37.5 Å². The molecule has 0 fully saturated rings. The number of aliphatic hydroxyl groups is 2. The molecule has 0 radical (unpaired) electrons. The van der Waals surface area contributed by atoms with Crippen molar-refractivity contribution in [3.8, 4) is 11.5 Å². The Hall–Kier alpha value is -6.70. The van der Waals surface area contributed by atoms with Crippen molar-refractivity contribution in [2.75, 3.05) is 85.6 Å². The van der Waals surface area contributed by atoms with Crippen LogP contribution in [0.15, 0.2) is 168 Å². The molecule has 2 unspecified atom stereocenters. The van der Waals surface area contributed by atoms with Crippen LogP contribution in [0.3, 0.4) is 0 Å². The standard InChI is InChI=1S/C57H70N6O6/c1-7-60(8-2)53-33-31-45(37-58-62(47-23-15-11-16-24-47)48-25-17-12-18-26-48)35-55(53)68-41-51(64)39-66-43-57(5,6)44-67-40-52(65)42-69-56-36-46(32-34-54(56)61(9-3)10-4)38-59-63(49-27-19-13-20-28-49)50-29-21-14-22-30-50/h11-38,51-52,64-65H,7-10,39-44H2,1-6H3/b58-37+,59-38+. The maximum absolute atomic E-state index is 11.0. The molecule has 12 heteroatoms. The third kappa shape index (κ3) is 15.7. The Morgan fingerprint density at radius 1 is 0.464 bits per heavy atom. The molecule has 6 aromatic rings. The van der Waals surface area contributed by atoms with Crippen molar-refractivity contribution in [1.82, 2.24) is 0 Å². The highest BCUT2D eigenvalue weighted by molar-refractivity contribution is 5.85. The first kappa shape index (κ1) is 51.7. The summed E-state index contributed by atoms with van der Waals surface area (Å²) in [7, 11) is 0. The van der Waals surface area contributed by atoms with Crippen LogP contribution in [-0.4, -0.2) is 101 Å². The van der Waals surface area contributed by atoms with Gasteiger partial charge < -0.3 is 39.0 Å². The van der Waals surface area contributed by atoms with Crippen molar-refractivity contribution in [2.45, 2.75) is 53.8 Å². The van der Waals surface area contributed by atoms with Gasteiger partial charge in [0.1, 0.15) is 36.9 Å². The minimum absolute atomic E-state index is 0.0453. The molecule has 0 saturated carbocycles. The number of hydrogen-bond donors (Lipinski definition) is 2. The SMILES string of the molecule is CCN(CC)c1ccc(/C=N/N(c2ccccc2)c2ccccc2)cc1OCC(O)COCC(C)(C)COCC(O)COc1cc(/C=N/N(c2ccccc2)c2ccccc2)ccc1N(CC)CC. The van der Waals surface area contributed by atoms with Crippen LogP contribution in [0.1, 0.15) is 52.7 Å². The molecule has 0 aliphatic carbocycles. The summed E-state index contributed by atoms with van der Waals surface area (Å²) in [6.45, 7) is 16.6. The number of hydrogen-bond acceptors (Lipinski definition) is 12. The highest BCUT2D eigenvalue weighted by atomic mass is 16.5. The first-order chi connectivity index (χ1) is 33.6. The third-order valence-electron chi connectivity index (χ3n) is 11.3. The van der Waals surface area contributed by atoms with Crippen LogP contribution < -0.4 is 29.3 Å². The van der Waals surface area contributed by atoms with Gasteiger partial charge >= 0.3 is 0 Å². The lowest BCUT2D eigenvalue weighted by Crippen LogP contribution is -2.32. The normalized spacial score (nSPS) is 12.5. The monoisotopic (exact) mass is 935 g/mol. The van der Waals surface area contributed by atoms with E-state index >= 15 is 0 Å². The lowest BCUT2D eigenvalue weighted by molar-refractivity contribution is -0.0552. The van der Waals surface area contributed by atoms with E-state index in [1.165, 1.54) is 0 Å².